The smallest absolute Gasteiger partial charge is 0.0890 e. The third-order valence-corrected chi connectivity index (χ3v) is 2.40. The molecular weight excluding hydrogens is 186 g/mol. The van der Waals surface area contributed by atoms with Gasteiger partial charge in [-0.2, -0.15) is 0 Å². The number of aromatic nitrogens is 2. The van der Waals surface area contributed by atoms with Crippen LogP contribution in [0.5, 0.6) is 0 Å². The second-order valence-electron chi connectivity index (χ2n) is 3.31. The third kappa shape index (κ3) is 1.87. The van der Waals surface area contributed by atoms with Crippen molar-refractivity contribution in [2.24, 2.45) is 0 Å². The Bertz CT molecular complexity index is 479. The molecule has 0 spiro atoms. The summed E-state index contributed by atoms with van der Waals surface area (Å²) in [6, 6.07) is 6.22. The van der Waals surface area contributed by atoms with Gasteiger partial charge in [0.05, 0.1) is 17.1 Å². The van der Waals surface area contributed by atoms with Gasteiger partial charge in [-0.25, -0.2) is 0 Å². The van der Waals surface area contributed by atoms with Crippen LogP contribution in [0.15, 0.2) is 43.2 Å². The highest BCUT2D eigenvalue weighted by molar-refractivity contribution is 5.74. The number of hydrogen-bond acceptors (Lipinski definition) is 3. The minimum absolute atomic E-state index is 0.163. The summed E-state index contributed by atoms with van der Waals surface area (Å²) < 4.78 is 0. The van der Waals surface area contributed by atoms with Gasteiger partial charge in [0.1, 0.15) is 0 Å². The Morgan fingerprint density at radius 3 is 2.67 bits per heavy atom. The van der Waals surface area contributed by atoms with Crippen molar-refractivity contribution < 1.29 is 0 Å². The lowest BCUT2D eigenvalue weighted by Crippen LogP contribution is -2.13. The van der Waals surface area contributed by atoms with E-state index in [0.717, 1.165) is 16.6 Å². The van der Waals surface area contributed by atoms with Gasteiger partial charge in [0.25, 0.3) is 0 Å². The van der Waals surface area contributed by atoms with E-state index in [1.165, 1.54) is 0 Å². The van der Waals surface area contributed by atoms with Crippen LogP contribution < -0.4 is 5.32 Å². The number of nitrogens with zero attached hydrogens (tertiary/aromatic N) is 2. The molecule has 1 N–H and O–H groups in total. The van der Waals surface area contributed by atoms with Crippen molar-refractivity contribution in [2.45, 2.75) is 6.04 Å². The van der Waals surface area contributed by atoms with E-state index in [1.54, 1.807) is 12.4 Å². The van der Waals surface area contributed by atoms with Gasteiger partial charge in [-0.3, -0.25) is 9.97 Å². The maximum atomic E-state index is 4.27. The maximum Gasteiger partial charge on any atom is 0.0890 e. The first-order valence-corrected chi connectivity index (χ1v) is 4.85. The van der Waals surface area contributed by atoms with Crippen molar-refractivity contribution in [3.8, 4) is 0 Å². The van der Waals surface area contributed by atoms with E-state index in [-0.39, 0.29) is 6.04 Å². The highest BCUT2D eigenvalue weighted by Gasteiger charge is 2.05. The molecular formula is C12H13N3. The molecule has 1 unspecified atom stereocenters. The van der Waals surface area contributed by atoms with E-state index >= 15 is 0 Å². The Hall–Kier alpha value is -1.74. The first-order valence-electron chi connectivity index (χ1n) is 4.85. The van der Waals surface area contributed by atoms with Crippen LogP contribution in [-0.2, 0) is 0 Å². The highest BCUT2D eigenvalue weighted by Crippen LogP contribution is 2.17. The first-order chi connectivity index (χ1) is 7.35. The van der Waals surface area contributed by atoms with Crippen LogP contribution in [0.4, 0.5) is 0 Å². The van der Waals surface area contributed by atoms with E-state index in [1.807, 2.05) is 31.3 Å². The van der Waals surface area contributed by atoms with Crippen molar-refractivity contribution in [3.63, 3.8) is 0 Å². The molecule has 2 rings (SSSR count). The summed E-state index contributed by atoms with van der Waals surface area (Å²) in [7, 11) is 1.91. The molecule has 3 heteroatoms. The molecule has 0 aliphatic heterocycles. The average Bonchev–Trinajstić information content (AvgIpc) is 2.30. The van der Waals surface area contributed by atoms with E-state index < -0.39 is 0 Å². The SMILES string of the molecule is C=CC(NC)c1ccc2nccnc2c1. The molecule has 0 saturated heterocycles. The van der Waals surface area contributed by atoms with Gasteiger partial charge in [0.2, 0.25) is 0 Å². The maximum absolute atomic E-state index is 4.27. The Morgan fingerprint density at radius 1 is 1.27 bits per heavy atom. The molecule has 1 atom stereocenters. The minimum atomic E-state index is 0.163. The molecule has 1 aromatic carbocycles. The lowest BCUT2D eigenvalue weighted by atomic mass is 10.1. The van der Waals surface area contributed by atoms with Gasteiger partial charge in [-0.1, -0.05) is 12.1 Å². The largest absolute Gasteiger partial charge is 0.310 e. The van der Waals surface area contributed by atoms with Gasteiger partial charge < -0.3 is 5.32 Å². The summed E-state index contributed by atoms with van der Waals surface area (Å²) in [5.41, 5.74) is 2.98. The fraction of sp³-hybridized carbons (Fsp3) is 0.167. The zero-order valence-corrected chi connectivity index (χ0v) is 8.64. The molecule has 76 valence electrons. The van der Waals surface area contributed by atoms with Crippen molar-refractivity contribution in [2.75, 3.05) is 7.05 Å². The standard InChI is InChI=1S/C12H13N3/c1-3-10(13-2)9-4-5-11-12(8-9)15-7-6-14-11/h3-8,10,13H,1H2,2H3. The normalized spacial score (nSPS) is 12.6. The van der Waals surface area contributed by atoms with Crippen LogP contribution in [0.25, 0.3) is 11.0 Å². The fourth-order valence-corrected chi connectivity index (χ4v) is 1.59. The molecule has 0 saturated carbocycles. The molecule has 1 aromatic heterocycles. The molecule has 0 radical (unpaired) electrons. The Labute approximate surface area is 88.9 Å². The Kier molecular flexibility index (Phi) is 2.74. The topological polar surface area (TPSA) is 37.8 Å². The molecule has 15 heavy (non-hydrogen) atoms. The molecule has 0 aliphatic rings. The Balaban J connectivity index is 2.50. The first kappa shape index (κ1) is 9.80. The summed E-state index contributed by atoms with van der Waals surface area (Å²) in [6.45, 7) is 3.79. The summed E-state index contributed by atoms with van der Waals surface area (Å²) in [6.07, 6.45) is 5.27. The number of nitrogens with one attached hydrogen (secondary N) is 1. The molecule has 2 aromatic rings. The van der Waals surface area contributed by atoms with Crippen LogP contribution in [0.2, 0.25) is 0 Å². The summed E-state index contributed by atoms with van der Waals surface area (Å²) in [5, 5.41) is 3.17. The second-order valence-corrected chi connectivity index (χ2v) is 3.31. The molecule has 0 fully saturated rings. The van der Waals surface area contributed by atoms with Gasteiger partial charge in [-0.15, -0.1) is 6.58 Å². The van der Waals surface area contributed by atoms with Gasteiger partial charge >= 0.3 is 0 Å². The Morgan fingerprint density at radius 2 is 2.00 bits per heavy atom. The predicted molar refractivity (Wildman–Crippen MR) is 61.5 cm³/mol. The number of likely N-dealkylation sites (N-methyl/N-ethyl adjacent to an activating group) is 1. The second kappa shape index (κ2) is 4.19. The number of fused-ring (bicyclic) bond motifs is 1. The van der Waals surface area contributed by atoms with E-state index in [4.69, 9.17) is 0 Å². The van der Waals surface area contributed by atoms with E-state index in [9.17, 15) is 0 Å². The zero-order chi connectivity index (χ0) is 10.7. The van der Waals surface area contributed by atoms with Crippen molar-refractivity contribution in [3.05, 3.63) is 48.8 Å². The fourth-order valence-electron chi connectivity index (χ4n) is 1.59. The van der Waals surface area contributed by atoms with Crippen LogP contribution >= 0.6 is 0 Å². The van der Waals surface area contributed by atoms with Gasteiger partial charge in [-0.05, 0) is 24.7 Å². The van der Waals surface area contributed by atoms with Crippen LogP contribution in [0.1, 0.15) is 11.6 Å². The number of hydrogen-bond donors (Lipinski definition) is 1. The average molecular weight is 199 g/mol. The minimum Gasteiger partial charge on any atom is -0.310 e. The highest BCUT2D eigenvalue weighted by atomic mass is 14.9. The van der Waals surface area contributed by atoms with Crippen LogP contribution in [0.3, 0.4) is 0 Å². The summed E-state index contributed by atoms with van der Waals surface area (Å²) in [5.74, 6) is 0. The summed E-state index contributed by atoms with van der Waals surface area (Å²) >= 11 is 0. The third-order valence-electron chi connectivity index (χ3n) is 2.40. The number of benzene rings is 1. The number of rotatable bonds is 3. The zero-order valence-electron chi connectivity index (χ0n) is 8.64. The predicted octanol–water partition coefficient (Wildman–Crippen LogP) is 2.08. The molecule has 0 amide bonds. The lowest BCUT2D eigenvalue weighted by molar-refractivity contribution is 0.717. The van der Waals surface area contributed by atoms with E-state index in [0.29, 0.717) is 0 Å². The van der Waals surface area contributed by atoms with Crippen molar-refractivity contribution in [1.82, 2.24) is 15.3 Å². The lowest BCUT2D eigenvalue weighted by Gasteiger charge is -2.11. The molecule has 0 bridgehead atoms. The molecule has 0 aliphatic carbocycles. The van der Waals surface area contributed by atoms with Crippen molar-refractivity contribution in [1.29, 1.82) is 0 Å². The van der Waals surface area contributed by atoms with Gasteiger partial charge in [0.15, 0.2) is 0 Å². The quantitative estimate of drug-likeness (QED) is 0.769. The van der Waals surface area contributed by atoms with Gasteiger partial charge in [0, 0.05) is 12.4 Å². The monoisotopic (exact) mass is 199 g/mol. The van der Waals surface area contributed by atoms with Crippen molar-refractivity contribution >= 4 is 11.0 Å². The molecule has 3 nitrogen and oxygen atoms in total. The molecule has 1 heterocycles. The van der Waals surface area contributed by atoms with Crippen LogP contribution in [-0.4, -0.2) is 17.0 Å². The van der Waals surface area contributed by atoms with E-state index in [2.05, 4.69) is 21.9 Å². The van der Waals surface area contributed by atoms with Crippen LogP contribution in [0, 0.1) is 0 Å². The summed E-state index contributed by atoms with van der Waals surface area (Å²) in [4.78, 5) is 8.49.